The first-order valence-corrected chi connectivity index (χ1v) is 16.5. The van der Waals surface area contributed by atoms with Gasteiger partial charge in [0.2, 0.25) is 17.6 Å². The van der Waals surface area contributed by atoms with Crippen molar-refractivity contribution < 1.29 is 32.6 Å². The number of carbonyl (C=O) groups excluding carboxylic acids is 5. The van der Waals surface area contributed by atoms with E-state index in [1.807, 2.05) is 13.0 Å². The highest BCUT2D eigenvalue weighted by molar-refractivity contribution is 7.84. The first-order valence-electron chi connectivity index (χ1n) is 15.0. The van der Waals surface area contributed by atoms with Gasteiger partial charge < -0.3 is 30.6 Å². The molecule has 1 aromatic heterocycles. The minimum absolute atomic E-state index is 0.0762. The summed E-state index contributed by atoms with van der Waals surface area (Å²) in [5, 5.41) is 10.3. The second-order valence-electron chi connectivity index (χ2n) is 10.7. The molecule has 4 N–H and O–H groups in total. The molecular formula is C31H45N5O7S. The molecule has 0 radical (unpaired) electrons. The van der Waals surface area contributed by atoms with E-state index in [2.05, 4.69) is 33.8 Å². The predicted molar refractivity (Wildman–Crippen MR) is 167 cm³/mol. The number of likely N-dealkylation sites (tertiary alicyclic amines) is 1. The standard InChI is InChI=1S/C31H45N5O7S/c1-4-6-14-25(28(38)30(40)32-16-5-2)35-29(39)27-23(3)15-18-36(27)26(37)21-34-31(41)33-17-10-8-7-9-11-20-44(42)22-24-13-12-19-43-24/h1,5,12-13,19,23,25,27H,2,6-11,14-18,20-22H2,3H3,(H,32,40)(H,35,39)(H2,33,34,41)/t23?,25?,27-,44?/m0/s1. The third kappa shape index (κ3) is 12.8. The molecule has 1 aliphatic rings. The zero-order chi connectivity index (χ0) is 32.3. The summed E-state index contributed by atoms with van der Waals surface area (Å²) in [7, 11) is -0.938. The van der Waals surface area contributed by atoms with Crippen LogP contribution >= 0.6 is 0 Å². The Morgan fingerprint density at radius 1 is 1.16 bits per heavy atom. The smallest absolute Gasteiger partial charge is 0.315 e. The van der Waals surface area contributed by atoms with Crippen LogP contribution in [-0.4, -0.2) is 82.7 Å². The number of carbonyl (C=O) groups is 5. The highest BCUT2D eigenvalue weighted by atomic mass is 32.2. The number of Topliss-reactive ketones (excluding diaryl/α,β-unsaturated/α-hetero) is 1. The van der Waals surface area contributed by atoms with Crippen molar-refractivity contribution in [2.24, 2.45) is 5.92 Å². The quantitative estimate of drug-likeness (QED) is 0.0737. The fourth-order valence-electron chi connectivity index (χ4n) is 4.86. The number of urea groups is 1. The Balaban J connectivity index is 1.70. The Labute approximate surface area is 262 Å². The van der Waals surface area contributed by atoms with Crippen LogP contribution in [0.1, 0.15) is 64.1 Å². The van der Waals surface area contributed by atoms with Crippen molar-refractivity contribution in [1.82, 2.24) is 26.2 Å². The monoisotopic (exact) mass is 631 g/mol. The van der Waals surface area contributed by atoms with Crippen molar-refractivity contribution in [3.8, 4) is 12.3 Å². The minimum Gasteiger partial charge on any atom is -0.468 e. The molecule has 4 atom stereocenters. The number of unbranched alkanes of at least 4 members (excludes halogenated alkanes) is 4. The number of nitrogens with one attached hydrogen (secondary N) is 4. The molecule has 242 valence electrons. The first-order chi connectivity index (χ1) is 21.2. The Bertz CT molecular complexity index is 1180. The molecule has 2 rings (SSSR count). The van der Waals surface area contributed by atoms with E-state index >= 15 is 0 Å². The van der Waals surface area contributed by atoms with E-state index in [1.165, 1.54) is 11.0 Å². The number of nitrogens with zero attached hydrogens (tertiary/aromatic N) is 1. The van der Waals surface area contributed by atoms with E-state index in [0.717, 1.165) is 37.9 Å². The van der Waals surface area contributed by atoms with Gasteiger partial charge in [-0.15, -0.1) is 18.9 Å². The molecule has 1 fully saturated rings. The predicted octanol–water partition coefficient (Wildman–Crippen LogP) is 1.78. The Kier molecular flexibility index (Phi) is 16.6. The average molecular weight is 632 g/mol. The van der Waals surface area contributed by atoms with Gasteiger partial charge >= 0.3 is 6.03 Å². The van der Waals surface area contributed by atoms with Gasteiger partial charge in [0.05, 0.1) is 24.6 Å². The number of ketones is 1. The van der Waals surface area contributed by atoms with E-state index in [4.69, 9.17) is 10.8 Å². The molecule has 13 heteroatoms. The summed E-state index contributed by atoms with van der Waals surface area (Å²) >= 11 is 0. The summed E-state index contributed by atoms with van der Waals surface area (Å²) in [6.45, 7) is 5.89. The molecule has 12 nitrogen and oxygen atoms in total. The number of furan rings is 1. The van der Waals surface area contributed by atoms with Crippen molar-refractivity contribution in [1.29, 1.82) is 0 Å². The summed E-state index contributed by atoms with van der Waals surface area (Å²) in [5.74, 6) is 1.35. The van der Waals surface area contributed by atoms with Crippen LogP contribution < -0.4 is 21.3 Å². The maximum atomic E-state index is 13.2. The van der Waals surface area contributed by atoms with E-state index in [-0.39, 0.29) is 31.8 Å². The van der Waals surface area contributed by atoms with Crippen molar-refractivity contribution in [2.75, 3.05) is 31.9 Å². The summed E-state index contributed by atoms with van der Waals surface area (Å²) in [6.07, 6.45) is 13.6. The van der Waals surface area contributed by atoms with Crippen molar-refractivity contribution in [2.45, 2.75) is 76.1 Å². The highest BCUT2D eigenvalue weighted by Gasteiger charge is 2.41. The Morgan fingerprint density at radius 2 is 1.91 bits per heavy atom. The van der Waals surface area contributed by atoms with Gasteiger partial charge in [0, 0.05) is 42.6 Å². The molecule has 0 spiro atoms. The minimum atomic E-state index is -1.13. The van der Waals surface area contributed by atoms with E-state index in [9.17, 15) is 28.2 Å². The van der Waals surface area contributed by atoms with Crippen LogP contribution in [0.25, 0.3) is 0 Å². The fraction of sp³-hybridized carbons (Fsp3) is 0.581. The Hall–Kier alpha value is -3.92. The number of amides is 5. The fourth-order valence-corrected chi connectivity index (χ4v) is 6.01. The van der Waals surface area contributed by atoms with Crippen LogP contribution in [0.5, 0.6) is 0 Å². The lowest BCUT2D eigenvalue weighted by molar-refractivity contribution is -0.142. The van der Waals surface area contributed by atoms with Crippen LogP contribution in [0.2, 0.25) is 0 Å². The van der Waals surface area contributed by atoms with Crippen LogP contribution in [0.15, 0.2) is 35.5 Å². The van der Waals surface area contributed by atoms with Crippen molar-refractivity contribution in [3.63, 3.8) is 0 Å². The Morgan fingerprint density at radius 3 is 2.61 bits per heavy atom. The van der Waals surface area contributed by atoms with E-state index in [0.29, 0.717) is 31.0 Å². The molecular weight excluding hydrogens is 586 g/mol. The highest BCUT2D eigenvalue weighted by Crippen LogP contribution is 2.24. The van der Waals surface area contributed by atoms with Gasteiger partial charge in [-0.2, -0.15) is 0 Å². The third-order valence-corrected chi connectivity index (χ3v) is 8.60. The van der Waals surface area contributed by atoms with Crippen LogP contribution in [0, 0.1) is 18.3 Å². The lowest BCUT2D eigenvalue weighted by Gasteiger charge is -2.28. The van der Waals surface area contributed by atoms with Gasteiger partial charge in [0.25, 0.3) is 5.91 Å². The molecule has 3 unspecified atom stereocenters. The molecule has 0 aromatic carbocycles. The van der Waals surface area contributed by atoms with E-state index in [1.54, 1.807) is 12.3 Å². The number of hydrogen-bond donors (Lipinski definition) is 4. The topological polar surface area (TPSA) is 167 Å². The first kappa shape index (κ1) is 36.3. The molecule has 0 saturated carbocycles. The molecule has 1 aromatic rings. The summed E-state index contributed by atoms with van der Waals surface area (Å²) < 4.78 is 17.3. The largest absolute Gasteiger partial charge is 0.468 e. The molecule has 5 amide bonds. The SMILES string of the molecule is C#CCCC(NC(=O)[C@@H]1C(C)CCN1C(=O)CNC(=O)NCCCCCCCS(=O)Cc1ccco1)C(=O)C(=O)NCC=C. The van der Waals surface area contributed by atoms with Crippen LogP contribution in [0.3, 0.4) is 0 Å². The molecule has 0 aliphatic carbocycles. The second kappa shape index (κ2) is 20.1. The molecule has 2 heterocycles. The number of hydrogen-bond acceptors (Lipinski definition) is 7. The average Bonchev–Trinajstić information content (AvgIpc) is 3.66. The summed E-state index contributed by atoms with van der Waals surface area (Å²) in [5.41, 5.74) is 0. The van der Waals surface area contributed by atoms with Gasteiger partial charge in [-0.25, -0.2) is 4.79 Å². The summed E-state index contributed by atoms with van der Waals surface area (Å²) in [6, 6.07) is 1.14. The lowest BCUT2D eigenvalue weighted by Crippen LogP contribution is -2.55. The zero-order valence-corrected chi connectivity index (χ0v) is 26.3. The van der Waals surface area contributed by atoms with E-state index < -0.39 is 52.4 Å². The van der Waals surface area contributed by atoms with Crippen molar-refractivity contribution in [3.05, 3.63) is 36.8 Å². The van der Waals surface area contributed by atoms with Gasteiger partial charge in [-0.05, 0) is 43.7 Å². The second-order valence-corrected chi connectivity index (χ2v) is 12.3. The zero-order valence-electron chi connectivity index (χ0n) is 25.4. The maximum Gasteiger partial charge on any atom is 0.315 e. The maximum absolute atomic E-state index is 13.2. The van der Waals surface area contributed by atoms with Gasteiger partial charge in [-0.3, -0.25) is 23.4 Å². The molecule has 1 saturated heterocycles. The number of rotatable bonds is 20. The normalized spacial score (nSPS) is 17.1. The summed E-state index contributed by atoms with van der Waals surface area (Å²) in [4.78, 5) is 64.6. The van der Waals surface area contributed by atoms with Crippen LogP contribution in [-0.2, 0) is 35.7 Å². The van der Waals surface area contributed by atoms with Crippen molar-refractivity contribution >= 4 is 40.3 Å². The molecule has 1 aliphatic heterocycles. The third-order valence-electron chi connectivity index (χ3n) is 7.25. The molecule has 44 heavy (non-hydrogen) atoms. The lowest BCUT2D eigenvalue weighted by atomic mass is 10.00. The number of terminal acetylenes is 1. The van der Waals surface area contributed by atoms with Gasteiger partial charge in [0.1, 0.15) is 11.8 Å². The van der Waals surface area contributed by atoms with Crippen LogP contribution in [0.4, 0.5) is 4.79 Å². The van der Waals surface area contributed by atoms with Gasteiger partial charge in [0.15, 0.2) is 0 Å². The van der Waals surface area contributed by atoms with Gasteiger partial charge in [-0.1, -0.05) is 32.3 Å². The molecule has 0 bridgehead atoms.